The molecule has 1 aromatic carbocycles. The fraction of sp³-hybridized carbons (Fsp3) is 0.625. The molecule has 0 aliphatic carbocycles. The molecule has 0 saturated carbocycles. The van der Waals surface area contributed by atoms with Gasteiger partial charge in [-0.1, -0.05) is 24.6 Å². The average Bonchev–Trinajstić information content (AvgIpc) is 3.20. The van der Waals surface area contributed by atoms with Crippen LogP contribution in [0.1, 0.15) is 35.5 Å². The second kappa shape index (κ2) is 11.4. The maximum atomic E-state index is 10.4. The van der Waals surface area contributed by atoms with E-state index in [1.54, 1.807) is 11.3 Å². The molecule has 6 nitrogen and oxygen atoms in total. The number of piperazine rings is 1. The quantitative estimate of drug-likeness (QED) is 0.642. The number of aromatic nitrogens is 1. The summed E-state index contributed by atoms with van der Waals surface area (Å²) in [4.78, 5) is 11.9. The summed E-state index contributed by atoms with van der Waals surface area (Å²) in [6.07, 6.45) is 3.36. The van der Waals surface area contributed by atoms with Crippen LogP contribution in [0.4, 0.5) is 0 Å². The van der Waals surface area contributed by atoms with Crippen LogP contribution in [0.2, 0.25) is 0 Å². The fourth-order valence-electron chi connectivity index (χ4n) is 4.51. The molecule has 170 valence electrons. The Morgan fingerprint density at radius 3 is 2.39 bits per heavy atom. The van der Waals surface area contributed by atoms with Gasteiger partial charge in [-0.2, -0.15) is 0 Å². The molecule has 31 heavy (non-hydrogen) atoms. The van der Waals surface area contributed by atoms with Gasteiger partial charge in [-0.3, -0.25) is 9.80 Å². The predicted octanol–water partition coefficient (Wildman–Crippen LogP) is 2.99. The summed E-state index contributed by atoms with van der Waals surface area (Å²) in [5, 5.41) is 13.8. The second-order valence-corrected chi connectivity index (χ2v) is 9.91. The summed E-state index contributed by atoms with van der Waals surface area (Å²) in [6, 6.07) is 8.28. The van der Waals surface area contributed by atoms with Crippen LogP contribution in [0, 0.1) is 6.92 Å². The number of nitrogens with zero attached hydrogens (tertiary/aromatic N) is 4. The van der Waals surface area contributed by atoms with Crippen molar-refractivity contribution in [2.24, 2.45) is 0 Å². The second-order valence-electron chi connectivity index (χ2n) is 8.84. The Labute approximate surface area is 190 Å². The Hall–Kier alpha value is -1.51. The number of aliphatic hydroxyl groups excluding tert-OH is 1. The fourth-order valence-corrected chi connectivity index (χ4v) is 5.11. The van der Waals surface area contributed by atoms with Gasteiger partial charge in [0.15, 0.2) is 0 Å². The van der Waals surface area contributed by atoms with E-state index >= 15 is 0 Å². The van der Waals surface area contributed by atoms with Crippen molar-refractivity contribution in [3.05, 3.63) is 45.9 Å². The number of ether oxygens (including phenoxy) is 1. The van der Waals surface area contributed by atoms with Crippen LogP contribution >= 0.6 is 11.3 Å². The van der Waals surface area contributed by atoms with E-state index < -0.39 is 6.10 Å². The zero-order chi connectivity index (χ0) is 21.5. The minimum atomic E-state index is -0.441. The molecule has 0 unspecified atom stereocenters. The highest BCUT2D eigenvalue weighted by atomic mass is 32.1. The molecule has 2 aromatic rings. The van der Waals surface area contributed by atoms with Crippen LogP contribution in [-0.4, -0.2) is 83.3 Å². The summed E-state index contributed by atoms with van der Waals surface area (Å²) in [7, 11) is 0. The van der Waals surface area contributed by atoms with Crippen LogP contribution < -0.4 is 4.74 Å². The number of thiazole rings is 1. The molecule has 1 aromatic heterocycles. The third-order valence-corrected chi connectivity index (χ3v) is 7.05. The summed E-state index contributed by atoms with van der Waals surface area (Å²) < 4.78 is 6.06. The van der Waals surface area contributed by atoms with E-state index in [0.29, 0.717) is 13.2 Å². The van der Waals surface area contributed by atoms with Crippen molar-refractivity contribution in [2.45, 2.75) is 45.4 Å². The molecule has 0 radical (unpaired) electrons. The van der Waals surface area contributed by atoms with Gasteiger partial charge in [-0.15, -0.1) is 11.3 Å². The van der Waals surface area contributed by atoms with Crippen molar-refractivity contribution in [1.29, 1.82) is 0 Å². The van der Waals surface area contributed by atoms with Gasteiger partial charge in [0.2, 0.25) is 0 Å². The minimum Gasteiger partial charge on any atom is -0.491 e. The lowest BCUT2D eigenvalue weighted by Crippen LogP contribution is -2.45. The lowest BCUT2D eigenvalue weighted by Gasteiger charge is -2.34. The molecule has 2 fully saturated rings. The van der Waals surface area contributed by atoms with E-state index in [4.69, 9.17) is 4.74 Å². The van der Waals surface area contributed by atoms with E-state index in [1.807, 2.05) is 12.1 Å². The third kappa shape index (κ3) is 6.99. The smallest absolute Gasteiger partial charge is 0.123 e. The SMILES string of the molecule is Cc1nc(CN2CCN(Cc3ccccc3OC[C@@H](O)CN3CCCCC3)CC2)cs1. The highest BCUT2D eigenvalue weighted by Gasteiger charge is 2.20. The predicted molar refractivity (Wildman–Crippen MR) is 126 cm³/mol. The number of para-hydroxylation sites is 1. The summed E-state index contributed by atoms with van der Waals surface area (Å²) in [5.41, 5.74) is 2.40. The Morgan fingerprint density at radius 1 is 0.968 bits per heavy atom. The highest BCUT2D eigenvalue weighted by Crippen LogP contribution is 2.21. The standard InChI is InChI=1S/C24H36N4O2S/c1-20-25-22(19-31-20)16-28-13-11-27(12-14-28)15-21-7-3-4-8-24(21)30-18-23(29)17-26-9-5-2-6-10-26/h3-4,7-8,19,23,29H,2,5-6,9-18H2,1H3/t23-/m0/s1. The Bertz CT molecular complexity index is 800. The number of benzene rings is 1. The molecular formula is C24H36N4O2S. The van der Waals surface area contributed by atoms with Crippen LogP contribution in [0.3, 0.4) is 0 Å². The minimum absolute atomic E-state index is 0.356. The molecule has 0 amide bonds. The first-order chi connectivity index (χ1) is 15.2. The molecule has 2 saturated heterocycles. The first-order valence-corrected chi connectivity index (χ1v) is 12.5. The van der Waals surface area contributed by atoms with Gasteiger partial charge in [0, 0.05) is 56.8 Å². The number of likely N-dealkylation sites (tertiary alicyclic amines) is 1. The van der Waals surface area contributed by atoms with Gasteiger partial charge in [0.05, 0.1) is 10.7 Å². The van der Waals surface area contributed by atoms with Crippen molar-refractivity contribution in [1.82, 2.24) is 19.7 Å². The summed E-state index contributed by atoms with van der Waals surface area (Å²) in [5.74, 6) is 0.903. The van der Waals surface area contributed by atoms with Crippen LogP contribution in [0.25, 0.3) is 0 Å². The highest BCUT2D eigenvalue weighted by molar-refractivity contribution is 7.09. The van der Waals surface area contributed by atoms with Crippen LogP contribution in [0.5, 0.6) is 5.75 Å². The molecule has 4 rings (SSSR count). The first kappa shape index (κ1) is 22.7. The zero-order valence-electron chi connectivity index (χ0n) is 18.7. The van der Waals surface area contributed by atoms with Crippen LogP contribution in [0.15, 0.2) is 29.6 Å². The van der Waals surface area contributed by atoms with Crippen LogP contribution in [-0.2, 0) is 13.1 Å². The summed E-state index contributed by atoms with van der Waals surface area (Å²) >= 11 is 1.73. The first-order valence-electron chi connectivity index (χ1n) is 11.6. The van der Waals surface area contributed by atoms with Gasteiger partial charge < -0.3 is 14.7 Å². The largest absolute Gasteiger partial charge is 0.491 e. The summed E-state index contributed by atoms with van der Waals surface area (Å²) in [6.45, 7) is 11.4. The van der Waals surface area contributed by atoms with Gasteiger partial charge in [-0.05, 0) is 38.9 Å². The molecule has 3 heterocycles. The Balaban J connectivity index is 1.23. The van der Waals surface area contributed by atoms with E-state index in [0.717, 1.165) is 63.1 Å². The number of aliphatic hydroxyl groups is 1. The number of hydrogen-bond donors (Lipinski definition) is 1. The van der Waals surface area contributed by atoms with E-state index in [-0.39, 0.29) is 0 Å². The van der Waals surface area contributed by atoms with Crippen molar-refractivity contribution >= 4 is 11.3 Å². The van der Waals surface area contributed by atoms with Crippen molar-refractivity contribution < 1.29 is 9.84 Å². The van der Waals surface area contributed by atoms with E-state index in [1.165, 1.54) is 30.5 Å². The third-order valence-electron chi connectivity index (χ3n) is 6.23. The number of aryl methyl sites for hydroxylation is 1. The number of piperidine rings is 1. The normalized spacial score (nSPS) is 20.1. The van der Waals surface area contributed by atoms with Gasteiger partial charge in [-0.25, -0.2) is 4.98 Å². The maximum absolute atomic E-state index is 10.4. The molecule has 1 atom stereocenters. The van der Waals surface area contributed by atoms with Gasteiger partial charge in [0.25, 0.3) is 0 Å². The van der Waals surface area contributed by atoms with Gasteiger partial charge >= 0.3 is 0 Å². The topological polar surface area (TPSA) is 52.1 Å². The number of β-amino-alcohol motifs (C(OH)–C–C–N with tert-alkyl or cyclic N) is 1. The number of rotatable bonds is 9. The van der Waals surface area contributed by atoms with Crippen molar-refractivity contribution in [3.8, 4) is 5.75 Å². The lowest BCUT2D eigenvalue weighted by molar-refractivity contribution is 0.0607. The molecule has 2 aliphatic rings. The van der Waals surface area contributed by atoms with Gasteiger partial charge in [0.1, 0.15) is 18.5 Å². The van der Waals surface area contributed by atoms with Crippen molar-refractivity contribution in [3.63, 3.8) is 0 Å². The zero-order valence-corrected chi connectivity index (χ0v) is 19.5. The molecule has 0 bridgehead atoms. The average molecular weight is 445 g/mol. The molecule has 2 aliphatic heterocycles. The molecule has 0 spiro atoms. The molecular weight excluding hydrogens is 408 g/mol. The Kier molecular flexibility index (Phi) is 8.33. The Morgan fingerprint density at radius 2 is 1.68 bits per heavy atom. The molecule has 7 heteroatoms. The maximum Gasteiger partial charge on any atom is 0.123 e. The van der Waals surface area contributed by atoms with E-state index in [9.17, 15) is 5.11 Å². The lowest BCUT2D eigenvalue weighted by atomic mass is 10.1. The van der Waals surface area contributed by atoms with E-state index in [2.05, 4.69) is 44.1 Å². The monoisotopic (exact) mass is 444 g/mol. The number of hydrogen-bond acceptors (Lipinski definition) is 7. The molecule has 1 N–H and O–H groups in total. The van der Waals surface area contributed by atoms with Crippen molar-refractivity contribution in [2.75, 3.05) is 52.4 Å².